The van der Waals surface area contributed by atoms with Gasteiger partial charge in [-0.05, 0) is 31.2 Å². The van der Waals surface area contributed by atoms with Gasteiger partial charge in [-0.3, -0.25) is 9.59 Å². The number of alkyl halides is 3. The van der Waals surface area contributed by atoms with Gasteiger partial charge in [-0.25, -0.2) is 0 Å². The number of carbonyl (C=O) groups is 2. The number of nitriles is 1. The quantitative estimate of drug-likeness (QED) is 0.618. The first-order valence-electron chi connectivity index (χ1n) is 6.46. The van der Waals surface area contributed by atoms with Crippen LogP contribution in [0.25, 0.3) is 0 Å². The van der Waals surface area contributed by atoms with Gasteiger partial charge in [0, 0.05) is 10.4 Å². The fourth-order valence-corrected chi connectivity index (χ4v) is 2.80. The van der Waals surface area contributed by atoms with E-state index in [1.807, 2.05) is 0 Å². The Labute approximate surface area is 134 Å². The molecule has 0 amide bonds. The van der Waals surface area contributed by atoms with Gasteiger partial charge in [0.15, 0.2) is 17.5 Å². The molecule has 118 valence electrons. The number of Topliss-reactive ketones (excluding diaryl/α,β-unsaturated/α-hetero) is 2. The van der Waals surface area contributed by atoms with E-state index >= 15 is 0 Å². The van der Waals surface area contributed by atoms with Crippen molar-refractivity contribution in [1.29, 1.82) is 5.26 Å². The molecule has 1 atom stereocenters. The minimum absolute atomic E-state index is 0.231. The lowest BCUT2D eigenvalue weighted by molar-refractivity contribution is -0.137. The van der Waals surface area contributed by atoms with Crippen molar-refractivity contribution in [3.05, 3.63) is 57.3 Å². The molecule has 0 unspecified atom stereocenters. The van der Waals surface area contributed by atoms with Crippen LogP contribution in [0.15, 0.2) is 36.4 Å². The SMILES string of the molecule is Cc1ccc(C(=O)[C@H](C#N)C(=O)c2cccc(C(F)(F)F)c2)s1. The molecule has 0 saturated heterocycles. The van der Waals surface area contributed by atoms with Crippen LogP contribution >= 0.6 is 11.3 Å². The summed E-state index contributed by atoms with van der Waals surface area (Å²) in [5, 5.41) is 9.12. The molecule has 1 aromatic carbocycles. The number of rotatable bonds is 4. The van der Waals surface area contributed by atoms with Crippen LogP contribution < -0.4 is 0 Å². The zero-order valence-corrected chi connectivity index (χ0v) is 12.7. The Kier molecular flexibility index (Phi) is 4.66. The number of carbonyl (C=O) groups excluding carboxylic acids is 2. The van der Waals surface area contributed by atoms with Crippen molar-refractivity contribution in [2.75, 3.05) is 0 Å². The highest BCUT2D eigenvalue weighted by Gasteiger charge is 2.33. The average Bonchev–Trinajstić information content (AvgIpc) is 2.93. The molecule has 0 N–H and O–H groups in total. The van der Waals surface area contributed by atoms with Gasteiger partial charge >= 0.3 is 6.18 Å². The first kappa shape index (κ1) is 16.9. The van der Waals surface area contributed by atoms with Crippen LogP contribution in [0.2, 0.25) is 0 Å². The highest BCUT2D eigenvalue weighted by atomic mass is 32.1. The van der Waals surface area contributed by atoms with E-state index in [1.54, 1.807) is 19.1 Å². The Morgan fingerprint density at radius 1 is 1.17 bits per heavy atom. The Balaban J connectivity index is 2.34. The highest BCUT2D eigenvalue weighted by molar-refractivity contribution is 7.14. The van der Waals surface area contributed by atoms with Crippen LogP contribution in [0.4, 0.5) is 13.2 Å². The molecule has 7 heteroatoms. The van der Waals surface area contributed by atoms with Crippen molar-refractivity contribution in [3.8, 4) is 6.07 Å². The normalized spacial score (nSPS) is 12.5. The van der Waals surface area contributed by atoms with Crippen molar-refractivity contribution >= 4 is 22.9 Å². The number of ketones is 2. The Morgan fingerprint density at radius 3 is 2.39 bits per heavy atom. The molecule has 2 aromatic rings. The molecule has 1 aromatic heterocycles. The lowest BCUT2D eigenvalue weighted by Gasteiger charge is -2.10. The molecule has 0 aliphatic heterocycles. The van der Waals surface area contributed by atoms with E-state index in [4.69, 9.17) is 5.26 Å². The number of aryl methyl sites for hydroxylation is 1. The van der Waals surface area contributed by atoms with Crippen molar-refractivity contribution in [3.63, 3.8) is 0 Å². The van der Waals surface area contributed by atoms with E-state index in [1.165, 1.54) is 6.07 Å². The van der Waals surface area contributed by atoms with Crippen molar-refractivity contribution in [2.45, 2.75) is 13.1 Å². The third-order valence-corrected chi connectivity index (χ3v) is 4.13. The maximum Gasteiger partial charge on any atom is 0.416 e. The van der Waals surface area contributed by atoms with Crippen LogP contribution in [-0.2, 0) is 6.18 Å². The number of thiophene rings is 1. The number of halogens is 3. The molecular weight excluding hydrogens is 327 g/mol. The Bertz CT molecular complexity index is 802. The predicted molar refractivity (Wildman–Crippen MR) is 78.3 cm³/mol. The highest BCUT2D eigenvalue weighted by Crippen LogP contribution is 2.30. The molecule has 0 aliphatic rings. The Hall–Kier alpha value is -2.46. The first-order valence-corrected chi connectivity index (χ1v) is 7.27. The van der Waals surface area contributed by atoms with Crippen LogP contribution in [0.5, 0.6) is 0 Å². The van der Waals surface area contributed by atoms with Gasteiger partial charge in [-0.1, -0.05) is 12.1 Å². The molecule has 0 fully saturated rings. The minimum Gasteiger partial charge on any atom is -0.292 e. The summed E-state index contributed by atoms with van der Waals surface area (Å²) in [6, 6.07) is 8.46. The van der Waals surface area contributed by atoms with Crippen LogP contribution in [0, 0.1) is 24.2 Å². The summed E-state index contributed by atoms with van der Waals surface area (Å²) in [6.07, 6.45) is -4.60. The van der Waals surface area contributed by atoms with Gasteiger partial charge in [0.1, 0.15) is 0 Å². The molecule has 0 radical (unpaired) electrons. The zero-order chi connectivity index (χ0) is 17.2. The van der Waals surface area contributed by atoms with Crippen LogP contribution in [0.3, 0.4) is 0 Å². The molecule has 23 heavy (non-hydrogen) atoms. The van der Waals surface area contributed by atoms with Gasteiger partial charge in [0.05, 0.1) is 16.5 Å². The van der Waals surface area contributed by atoms with E-state index in [-0.39, 0.29) is 10.4 Å². The molecule has 2 rings (SSSR count). The summed E-state index contributed by atoms with van der Waals surface area (Å²) in [5.41, 5.74) is -1.31. The smallest absolute Gasteiger partial charge is 0.292 e. The summed E-state index contributed by atoms with van der Waals surface area (Å²) in [4.78, 5) is 25.6. The minimum atomic E-state index is -4.60. The maximum absolute atomic E-state index is 12.7. The van der Waals surface area contributed by atoms with E-state index in [2.05, 4.69) is 0 Å². The monoisotopic (exact) mass is 337 g/mol. The lowest BCUT2D eigenvalue weighted by atomic mass is 9.93. The molecule has 1 heterocycles. The molecular formula is C16H10F3NO2S. The summed E-state index contributed by atoms with van der Waals surface area (Å²) in [7, 11) is 0. The van der Waals surface area contributed by atoms with Gasteiger partial charge in [-0.2, -0.15) is 18.4 Å². The average molecular weight is 337 g/mol. The van der Waals surface area contributed by atoms with Gasteiger partial charge in [0.2, 0.25) is 0 Å². The Morgan fingerprint density at radius 2 is 1.87 bits per heavy atom. The van der Waals surface area contributed by atoms with Crippen LogP contribution in [-0.4, -0.2) is 11.6 Å². The lowest BCUT2D eigenvalue weighted by Crippen LogP contribution is -2.22. The molecule has 0 spiro atoms. The fourth-order valence-electron chi connectivity index (χ4n) is 1.96. The molecule has 3 nitrogen and oxygen atoms in total. The molecule has 0 saturated carbocycles. The van der Waals surface area contributed by atoms with E-state index in [0.29, 0.717) is 6.07 Å². The van der Waals surface area contributed by atoms with Gasteiger partial charge in [0.25, 0.3) is 0 Å². The third kappa shape index (κ3) is 3.66. The van der Waals surface area contributed by atoms with Gasteiger partial charge < -0.3 is 0 Å². The van der Waals surface area contributed by atoms with Crippen molar-refractivity contribution < 1.29 is 22.8 Å². The number of hydrogen-bond donors (Lipinski definition) is 0. The third-order valence-electron chi connectivity index (χ3n) is 3.11. The number of benzene rings is 1. The second-order valence-electron chi connectivity index (χ2n) is 4.78. The van der Waals surface area contributed by atoms with E-state index < -0.39 is 29.2 Å². The summed E-state index contributed by atoms with van der Waals surface area (Å²) in [6.45, 7) is 1.76. The second kappa shape index (κ2) is 6.34. The summed E-state index contributed by atoms with van der Waals surface area (Å²) in [5.74, 6) is -3.29. The maximum atomic E-state index is 12.7. The topological polar surface area (TPSA) is 57.9 Å². The van der Waals surface area contributed by atoms with E-state index in [0.717, 1.165) is 34.4 Å². The fraction of sp³-hybridized carbons (Fsp3) is 0.188. The van der Waals surface area contributed by atoms with Crippen LogP contribution in [0.1, 0.15) is 30.5 Å². The summed E-state index contributed by atoms with van der Waals surface area (Å²) >= 11 is 1.13. The first-order chi connectivity index (χ1) is 10.7. The molecule has 0 bridgehead atoms. The largest absolute Gasteiger partial charge is 0.416 e. The number of hydrogen-bond acceptors (Lipinski definition) is 4. The summed E-state index contributed by atoms with van der Waals surface area (Å²) < 4.78 is 38.1. The predicted octanol–water partition coefficient (Wildman–Crippen LogP) is 4.28. The standard InChI is InChI=1S/C16H10F3NO2S/c1-9-5-6-13(23-9)15(22)12(8-20)14(21)10-3-2-4-11(7-10)16(17,18)19/h2-7,12H,1H3/t12-/m1/s1. The second-order valence-corrected chi connectivity index (χ2v) is 6.07. The molecule has 0 aliphatic carbocycles. The van der Waals surface area contributed by atoms with E-state index in [9.17, 15) is 22.8 Å². The van der Waals surface area contributed by atoms with Gasteiger partial charge in [-0.15, -0.1) is 11.3 Å². The zero-order valence-electron chi connectivity index (χ0n) is 11.8. The number of nitrogens with zero attached hydrogens (tertiary/aromatic N) is 1. The van der Waals surface area contributed by atoms with Crippen molar-refractivity contribution in [1.82, 2.24) is 0 Å². The van der Waals surface area contributed by atoms with Crippen molar-refractivity contribution in [2.24, 2.45) is 5.92 Å².